The summed E-state index contributed by atoms with van der Waals surface area (Å²) in [6, 6.07) is 15.0. The van der Waals surface area contributed by atoms with Crippen LogP contribution in [0.2, 0.25) is 0 Å². The highest BCUT2D eigenvalue weighted by Gasteiger charge is 2.21. The first-order chi connectivity index (χ1) is 11.1. The number of rotatable bonds is 5. The van der Waals surface area contributed by atoms with Crippen molar-refractivity contribution in [2.75, 3.05) is 0 Å². The first-order valence-corrected chi connectivity index (χ1v) is 7.96. The molecule has 3 aromatic rings. The highest BCUT2D eigenvalue weighted by molar-refractivity contribution is 7.90. The first-order valence-electron chi connectivity index (χ1n) is 6.64. The van der Waals surface area contributed by atoms with E-state index in [1.54, 1.807) is 12.1 Å². The molecular weight excluding hydrogens is 318 g/mol. The highest BCUT2D eigenvalue weighted by Crippen LogP contribution is 2.22. The maximum atomic E-state index is 12.3. The number of aromatic nitrogens is 2. The summed E-state index contributed by atoms with van der Waals surface area (Å²) in [4.78, 5) is 10.1. The molecule has 0 aliphatic carbocycles. The molecule has 0 bridgehead atoms. The predicted octanol–water partition coefficient (Wildman–Crippen LogP) is 2.95. The molecule has 7 nitrogen and oxygen atoms in total. The molecule has 0 saturated heterocycles. The lowest BCUT2D eigenvalue weighted by atomic mass is 10.2. The Hall–Kier alpha value is -2.71. The van der Waals surface area contributed by atoms with Crippen molar-refractivity contribution in [2.45, 2.75) is 11.0 Å². The van der Waals surface area contributed by atoms with Crippen LogP contribution in [0, 0.1) is 10.1 Å². The standard InChI is InChI=1S/C15H11N3O4S/c19-18(20)13-8-6-11(7-9-13)10-23(21)15-17-16-14(22-15)12-4-2-1-3-5-12/h1-9H,10H2. The van der Waals surface area contributed by atoms with E-state index in [1.807, 2.05) is 30.3 Å². The van der Waals surface area contributed by atoms with Gasteiger partial charge in [-0.3, -0.25) is 10.1 Å². The number of non-ortho nitro benzene ring substituents is 1. The summed E-state index contributed by atoms with van der Waals surface area (Å²) in [7, 11) is 0. The van der Waals surface area contributed by atoms with Crippen molar-refractivity contribution in [1.29, 1.82) is 0 Å². The fourth-order valence-electron chi connectivity index (χ4n) is 1.93. The molecule has 23 heavy (non-hydrogen) atoms. The minimum absolute atomic E-state index is 0.0105. The molecule has 1 atom stereocenters. The molecule has 0 saturated carbocycles. The van der Waals surface area contributed by atoms with Crippen molar-refractivity contribution >= 4 is 16.9 Å². The van der Waals surface area contributed by atoms with Crippen molar-refractivity contribution in [3.63, 3.8) is 0 Å². The Morgan fingerprint density at radius 1 is 1.04 bits per heavy atom. The summed E-state index contributed by atoms with van der Waals surface area (Å²) in [6.07, 6.45) is 0. The molecular formula is C15H11N3O4S. The maximum Gasteiger partial charge on any atom is 0.436 e. The molecule has 3 rings (SSSR count). The summed E-state index contributed by atoms with van der Waals surface area (Å²) in [5.74, 6) is 0.451. The van der Waals surface area contributed by atoms with Crippen LogP contribution < -0.4 is 0 Å². The van der Waals surface area contributed by atoms with Gasteiger partial charge in [-0.25, -0.2) is 0 Å². The second-order valence-corrected chi connectivity index (χ2v) is 5.98. The van der Waals surface area contributed by atoms with Crippen LogP contribution in [-0.4, -0.2) is 19.7 Å². The molecule has 8 heteroatoms. The van der Waals surface area contributed by atoms with Crippen molar-refractivity contribution in [3.8, 4) is 11.5 Å². The SMILES string of the molecule is O=[N+]([O-])c1ccc(C[S+]([O-])c2nnc(-c3ccccc3)o2)cc1. The number of hydrogen-bond donors (Lipinski definition) is 0. The summed E-state index contributed by atoms with van der Waals surface area (Å²) in [5, 5.41) is 18.3. The molecule has 0 aliphatic rings. The summed E-state index contributed by atoms with van der Waals surface area (Å²) < 4.78 is 17.7. The van der Waals surface area contributed by atoms with Crippen LogP contribution in [0.1, 0.15) is 5.56 Å². The Kier molecular flexibility index (Phi) is 4.35. The van der Waals surface area contributed by atoms with Gasteiger partial charge in [0.15, 0.2) is 0 Å². The van der Waals surface area contributed by atoms with Crippen LogP contribution >= 0.6 is 0 Å². The second-order valence-electron chi connectivity index (χ2n) is 4.65. The van der Waals surface area contributed by atoms with Crippen LogP contribution in [0.5, 0.6) is 0 Å². The molecule has 0 spiro atoms. The van der Waals surface area contributed by atoms with Crippen molar-refractivity contribution in [2.24, 2.45) is 0 Å². The van der Waals surface area contributed by atoms with Gasteiger partial charge in [0.2, 0.25) is 0 Å². The predicted molar refractivity (Wildman–Crippen MR) is 82.9 cm³/mol. The second kappa shape index (κ2) is 6.59. The molecule has 2 aromatic carbocycles. The van der Waals surface area contributed by atoms with Crippen molar-refractivity contribution in [3.05, 3.63) is 70.3 Å². The monoisotopic (exact) mass is 329 g/mol. The topological polar surface area (TPSA) is 105 Å². The third-order valence-corrected chi connectivity index (χ3v) is 4.22. The van der Waals surface area contributed by atoms with Crippen LogP contribution in [0.15, 0.2) is 64.2 Å². The average Bonchev–Trinajstić information content (AvgIpc) is 3.06. The summed E-state index contributed by atoms with van der Waals surface area (Å²) >= 11 is -1.51. The lowest BCUT2D eigenvalue weighted by Crippen LogP contribution is -2.05. The van der Waals surface area contributed by atoms with Gasteiger partial charge in [-0.2, -0.15) is 0 Å². The lowest BCUT2D eigenvalue weighted by Gasteiger charge is -2.04. The van der Waals surface area contributed by atoms with Gasteiger partial charge >= 0.3 is 5.22 Å². The summed E-state index contributed by atoms with van der Waals surface area (Å²) in [6.45, 7) is 0. The lowest BCUT2D eigenvalue weighted by molar-refractivity contribution is -0.384. The van der Waals surface area contributed by atoms with Gasteiger partial charge in [-0.1, -0.05) is 23.3 Å². The molecule has 1 aromatic heterocycles. The third-order valence-electron chi connectivity index (χ3n) is 3.07. The Morgan fingerprint density at radius 2 is 1.74 bits per heavy atom. The molecule has 0 fully saturated rings. The first kappa shape index (κ1) is 15.2. The highest BCUT2D eigenvalue weighted by atomic mass is 32.2. The molecule has 0 radical (unpaired) electrons. The van der Waals surface area contributed by atoms with E-state index < -0.39 is 16.1 Å². The van der Waals surface area contributed by atoms with Crippen LogP contribution in [0.3, 0.4) is 0 Å². The molecule has 0 N–H and O–H groups in total. The normalized spacial score (nSPS) is 12.0. The Bertz CT molecular complexity index is 805. The van der Waals surface area contributed by atoms with Crippen LogP contribution in [0.4, 0.5) is 5.69 Å². The number of nitro groups is 1. The zero-order valence-electron chi connectivity index (χ0n) is 11.8. The Morgan fingerprint density at radius 3 is 2.39 bits per heavy atom. The number of benzene rings is 2. The molecule has 0 amide bonds. The quantitative estimate of drug-likeness (QED) is 0.405. The molecule has 116 valence electrons. The van der Waals surface area contributed by atoms with E-state index >= 15 is 0 Å². The zero-order chi connectivity index (χ0) is 16.2. The molecule has 1 unspecified atom stereocenters. The maximum absolute atomic E-state index is 12.3. The van der Waals surface area contributed by atoms with Gasteiger partial charge in [0.1, 0.15) is 5.75 Å². The van der Waals surface area contributed by atoms with Gasteiger partial charge in [-0.15, -0.1) is 5.10 Å². The molecule has 1 heterocycles. The van der Waals surface area contributed by atoms with Gasteiger partial charge in [0.25, 0.3) is 11.6 Å². The minimum atomic E-state index is -1.51. The van der Waals surface area contributed by atoms with Crippen molar-refractivity contribution < 1.29 is 13.9 Å². The van der Waals surface area contributed by atoms with E-state index in [2.05, 4.69) is 10.2 Å². The average molecular weight is 329 g/mol. The summed E-state index contributed by atoms with van der Waals surface area (Å²) in [5.41, 5.74) is 1.43. The fraction of sp³-hybridized carbons (Fsp3) is 0.0667. The van der Waals surface area contributed by atoms with Gasteiger partial charge < -0.3 is 8.97 Å². The minimum Gasteiger partial charge on any atom is -0.607 e. The van der Waals surface area contributed by atoms with E-state index in [4.69, 9.17) is 4.42 Å². The number of hydrogen-bond acceptors (Lipinski definition) is 6. The van der Waals surface area contributed by atoms with Gasteiger partial charge in [0.05, 0.1) is 16.1 Å². The fourth-order valence-corrected chi connectivity index (χ4v) is 2.85. The van der Waals surface area contributed by atoms with Crippen LogP contribution in [-0.2, 0) is 16.9 Å². The number of nitrogens with zero attached hydrogens (tertiary/aromatic N) is 3. The Balaban J connectivity index is 1.72. The zero-order valence-corrected chi connectivity index (χ0v) is 12.6. The molecule has 0 aliphatic heterocycles. The largest absolute Gasteiger partial charge is 0.607 e. The Labute approximate surface area is 134 Å². The smallest absolute Gasteiger partial charge is 0.436 e. The van der Waals surface area contributed by atoms with E-state index in [0.29, 0.717) is 11.5 Å². The van der Waals surface area contributed by atoms with Gasteiger partial charge in [0, 0.05) is 23.3 Å². The van der Waals surface area contributed by atoms with Crippen molar-refractivity contribution in [1.82, 2.24) is 10.2 Å². The third kappa shape index (κ3) is 3.55. The van der Waals surface area contributed by atoms with E-state index in [-0.39, 0.29) is 16.7 Å². The van der Waals surface area contributed by atoms with Crippen LogP contribution in [0.25, 0.3) is 11.5 Å². The van der Waals surface area contributed by atoms with Gasteiger partial charge in [-0.05, 0) is 24.3 Å². The van der Waals surface area contributed by atoms with E-state index in [9.17, 15) is 14.7 Å². The van der Waals surface area contributed by atoms with E-state index in [1.165, 1.54) is 12.1 Å². The number of nitro benzene ring substituents is 1. The van der Waals surface area contributed by atoms with E-state index in [0.717, 1.165) is 5.56 Å².